The highest BCUT2D eigenvalue weighted by Gasteiger charge is 2.40. The number of fused-ring (bicyclic) bond motifs is 1. The second-order valence-electron chi connectivity index (χ2n) is 15.5. The summed E-state index contributed by atoms with van der Waals surface area (Å²) in [5.41, 5.74) is 2.19. The average molecular weight is 1060 g/mol. The molecule has 2 aliphatic heterocycles. The number of hydrogen-bond donors (Lipinski definition) is 5. The van der Waals surface area contributed by atoms with Gasteiger partial charge in [0.25, 0.3) is 21.5 Å². The maximum Gasteiger partial charge on any atom is 0.262 e. The highest BCUT2D eigenvalue weighted by molar-refractivity contribution is 14.1. The lowest BCUT2D eigenvalue weighted by Crippen LogP contribution is -2.52. The Kier molecular flexibility index (Phi) is 18.0. The molecule has 3 heterocycles. The Morgan fingerprint density at radius 1 is 0.851 bits per heavy atom. The zero-order chi connectivity index (χ0) is 48.1. The van der Waals surface area contributed by atoms with Gasteiger partial charge >= 0.3 is 0 Å². The van der Waals surface area contributed by atoms with Crippen molar-refractivity contribution < 1.29 is 55.7 Å². The molecule has 3 aromatic carbocycles. The van der Waals surface area contributed by atoms with Gasteiger partial charge in [0, 0.05) is 58.9 Å². The number of hydrogen-bond acceptors (Lipinski definition) is 13. The van der Waals surface area contributed by atoms with Crippen LogP contribution in [-0.2, 0) is 68.2 Å². The first kappa shape index (κ1) is 50.6. The number of aromatic nitrogens is 1. The van der Waals surface area contributed by atoms with E-state index in [-0.39, 0.29) is 110 Å². The lowest BCUT2D eigenvalue weighted by molar-refractivity contribution is -0.137. The predicted molar refractivity (Wildman–Crippen MR) is 252 cm³/mol. The minimum Gasteiger partial charge on any atom is -0.377 e. The van der Waals surface area contributed by atoms with E-state index in [0.29, 0.717) is 53.2 Å². The lowest BCUT2D eigenvalue weighted by atomic mass is 10.0. The monoisotopic (exact) mass is 1060 g/mol. The molecule has 1 fully saturated rings. The van der Waals surface area contributed by atoms with E-state index in [9.17, 15) is 41.6 Å². The van der Waals surface area contributed by atoms with Crippen molar-refractivity contribution in [2.75, 3.05) is 74.8 Å². The van der Waals surface area contributed by atoms with E-state index >= 15 is 0 Å². The molecule has 0 bridgehead atoms. The number of nitrogens with zero attached hydrogens (tertiary/aromatic N) is 2. The molecule has 1 aromatic heterocycles. The number of sulfonamides is 1. The van der Waals surface area contributed by atoms with Crippen LogP contribution in [0.4, 0.5) is 27.3 Å². The molecule has 5 amide bonds. The van der Waals surface area contributed by atoms with Crippen molar-refractivity contribution in [1.29, 1.82) is 0 Å². The first-order valence-electron chi connectivity index (χ1n) is 21.3. The first-order valence-corrected chi connectivity index (χ1v) is 23.9. The molecule has 22 heteroatoms. The molecule has 0 aliphatic carbocycles. The van der Waals surface area contributed by atoms with Crippen LogP contribution in [0.3, 0.4) is 0 Å². The number of benzene rings is 3. The molecule has 0 spiro atoms. The summed E-state index contributed by atoms with van der Waals surface area (Å²) in [5, 5.41) is 10.7. The van der Waals surface area contributed by atoms with Gasteiger partial charge in [-0.1, -0.05) is 18.2 Å². The Morgan fingerprint density at radius 3 is 2.22 bits per heavy atom. The van der Waals surface area contributed by atoms with Crippen LogP contribution in [-0.4, -0.2) is 113 Å². The summed E-state index contributed by atoms with van der Waals surface area (Å²) in [4.78, 5) is 76.0. The van der Waals surface area contributed by atoms with E-state index < -0.39 is 33.7 Å². The number of imide groups is 1. The lowest BCUT2D eigenvalue weighted by Gasteiger charge is -2.29. The van der Waals surface area contributed by atoms with Crippen molar-refractivity contribution in [1.82, 2.24) is 20.1 Å². The molecule has 0 radical (unpaired) electrons. The van der Waals surface area contributed by atoms with E-state index in [4.69, 9.17) is 18.9 Å². The maximum atomic E-state index is 14.7. The molecule has 0 saturated carbocycles. The summed E-state index contributed by atoms with van der Waals surface area (Å²) in [7, 11) is -2.67. The van der Waals surface area contributed by atoms with Gasteiger partial charge in [-0.3, -0.25) is 43.4 Å². The SMILES string of the molecule is Cc1cc(NS(=O)(=O)c2ccc(CCC(=O)NCCOCCOCCOCCOCC(=O)Nc3cccc4c3CN(C3CCC(=O)NC3=O)C4=O)cc2)c(Nc2ccc(I)cc2F)n(C)c1=O. The van der Waals surface area contributed by atoms with Crippen molar-refractivity contribution in [3.8, 4) is 0 Å². The van der Waals surface area contributed by atoms with Crippen LogP contribution in [0, 0.1) is 16.3 Å². The third-order valence-electron chi connectivity index (χ3n) is 10.7. The van der Waals surface area contributed by atoms with Crippen molar-refractivity contribution in [3.05, 3.63) is 109 Å². The fourth-order valence-corrected chi connectivity index (χ4v) is 8.71. The molecule has 67 heavy (non-hydrogen) atoms. The average Bonchev–Trinajstić information content (AvgIpc) is 3.63. The van der Waals surface area contributed by atoms with Crippen LogP contribution in [0.15, 0.2) is 76.4 Å². The van der Waals surface area contributed by atoms with Gasteiger partial charge in [0.05, 0.1) is 62.5 Å². The van der Waals surface area contributed by atoms with Gasteiger partial charge in [-0.15, -0.1) is 0 Å². The molecular weight excluding hydrogens is 1010 g/mol. The summed E-state index contributed by atoms with van der Waals surface area (Å²) in [6.45, 7) is 3.60. The third-order valence-corrected chi connectivity index (χ3v) is 12.7. The Bertz CT molecular complexity index is 2650. The third kappa shape index (κ3) is 13.9. The van der Waals surface area contributed by atoms with Crippen molar-refractivity contribution in [2.24, 2.45) is 7.05 Å². The number of piperidine rings is 1. The number of anilines is 4. The van der Waals surface area contributed by atoms with Crippen LogP contribution in [0.25, 0.3) is 0 Å². The second-order valence-corrected chi connectivity index (χ2v) is 18.4. The number of carbonyl (C=O) groups is 5. The zero-order valence-electron chi connectivity index (χ0n) is 36.8. The summed E-state index contributed by atoms with van der Waals surface area (Å²) in [6, 6.07) is 16.1. The largest absolute Gasteiger partial charge is 0.377 e. The van der Waals surface area contributed by atoms with Gasteiger partial charge in [0.2, 0.25) is 23.6 Å². The van der Waals surface area contributed by atoms with Gasteiger partial charge in [-0.2, -0.15) is 0 Å². The topological polar surface area (TPSA) is 242 Å². The van der Waals surface area contributed by atoms with Crippen LogP contribution in [0.5, 0.6) is 0 Å². The van der Waals surface area contributed by atoms with Crippen LogP contribution < -0.4 is 31.5 Å². The Labute approximate surface area is 399 Å². The van der Waals surface area contributed by atoms with E-state index in [2.05, 4.69) is 26.0 Å². The molecule has 6 rings (SSSR count). The summed E-state index contributed by atoms with van der Waals surface area (Å²) < 4.78 is 67.8. The summed E-state index contributed by atoms with van der Waals surface area (Å²) >= 11 is 1.97. The number of aryl methyl sites for hydroxylation is 2. The van der Waals surface area contributed by atoms with E-state index in [1.165, 1.54) is 46.8 Å². The minimum absolute atomic E-state index is 0.0457. The number of nitrogens with one attached hydrogen (secondary N) is 5. The number of ether oxygens (including phenoxy) is 4. The number of pyridine rings is 1. The van der Waals surface area contributed by atoms with Gasteiger partial charge in [0.1, 0.15) is 24.3 Å². The Morgan fingerprint density at radius 2 is 1.54 bits per heavy atom. The first-order chi connectivity index (χ1) is 32.1. The van der Waals surface area contributed by atoms with Crippen molar-refractivity contribution >= 4 is 85.0 Å². The predicted octanol–water partition coefficient (Wildman–Crippen LogP) is 3.50. The van der Waals surface area contributed by atoms with Gasteiger partial charge in [-0.25, -0.2) is 12.8 Å². The van der Waals surface area contributed by atoms with Crippen LogP contribution >= 0.6 is 22.6 Å². The fourth-order valence-electron chi connectivity index (χ4n) is 7.20. The van der Waals surface area contributed by atoms with Crippen LogP contribution in [0.2, 0.25) is 0 Å². The molecule has 1 saturated heterocycles. The highest BCUT2D eigenvalue weighted by Crippen LogP contribution is 2.33. The smallest absolute Gasteiger partial charge is 0.262 e. The molecule has 1 atom stereocenters. The van der Waals surface area contributed by atoms with E-state index in [1.807, 2.05) is 22.6 Å². The molecule has 5 N–H and O–H groups in total. The van der Waals surface area contributed by atoms with Crippen molar-refractivity contribution in [2.45, 2.75) is 50.1 Å². The molecule has 2 aliphatic rings. The Hall–Kier alpha value is -5.79. The van der Waals surface area contributed by atoms with Gasteiger partial charge in [-0.05, 0) is 96.5 Å². The van der Waals surface area contributed by atoms with Gasteiger partial charge in [0.15, 0.2) is 0 Å². The number of amides is 5. The van der Waals surface area contributed by atoms with Crippen LogP contribution in [0.1, 0.15) is 46.3 Å². The second kappa shape index (κ2) is 23.8. The quantitative estimate of drug-likeness (QED) is 0.0384. The van der Waals surface area contributed by atoms with E-state index in [1.54, 1.807) is 43.3 Å². The number of rotatable bonds is 24. The standard InChI is InChI=1S/C45H51FIN7O12S/c1-28-24-37(42(53(2)44(28)59)50-36-12-9-30(47)25-34(36)46)52-67(61,62)31-10-6-29(7-11-31)8-14-39(55)48-16-17-63-18-19-64-20-21-65-22-23-66-27-41(57)49-35-5-3-4-32-33(35)26-54(45(32)60)38-13-15-40(56)51-43(38)58/h3-7,9-12,24-25,38,50,52H,8,13-23,26-27H2,1-2H3,(H,48,55)(H,49,57)(H,51,56,58). The maximum absolute atomic E-state index is 14.7. The number of halogens is 2. The molecular formula is C45H51FIN7O12S. The van der Waals surface area contributed by atoms with Crippen molar-refractivity contribution in [3.63, 3.8) is 0 Å². The minimum atomic E-state index is -4.13. The normalized spacial score (nSPS) is 14.7. The number of carbonyl (C=O) groups excluding carboxylic acids is 5. The summed E-state index contributed by atoms with van der Waals surface area (Å²) in [6.07, 6.45) is 0.916. The molecule has 19 nitrogen and oxygen atoms in total. The van der Waals surface area contributed by atoms with E-state index in [0.717, 1.165) is 5.56 Å². The summed E-state index contributed by atoms with van der Waals surface area (Å²) in [5.74, 6) is -2.34. The zero-order valence-corrected chi connectivity index (χ0v) is 39.8. The fraction of sp³-hybridized carbons (Fsp3) is 0.378. The molecule has 358 valence electrons. The molecule has 4 aromatic rings. The van der Waals surface area contributed by atoms with Gasteiger partial charge < -0.3 is 39.8 Å². The Balaban J connectivity index is 0.788. The highest BCUT2D eigenvalue weighted by atomic mass is 127. The molecule has 1 unspecified atom stereocenters.